The van der Waals surface area contributed by atoms with Gasteiger partial charge in [-0.1, -0.05) is 32.0 Å². The highest BCUT2D eigenvalue weighted by molar-refractivity contribution is 5.83. The molecule has 0 aliphatic rings. The molecule has 0 amide bonds. The molecule has 2 aromatic heterocycles. The van der Waals surface area contributed by atoms with Crippen molar-refractivity contribution in [1.82, 2.24) is 5.32 Å². The van der Waals surface area contributed by atoms with Gasteiger partial charge in [0.2, 0.25) is 0 Å². The van der Waals surface area contributed by atoms with E-state index in [1.165, 1.54) is 16.5 Å². The molecule has 3 nitrogen and oxygen atoms in total. The molecule has 1 N–H and O–H groups in total. The molecule has 0 radical (unpaired) electrons. The van der Waals surface area contributed by atoms with E-state index in [2.05, 4.69) is 31.3 Å². The molecule has 1 unspecified atom stereocenters. The van der Waals surface area contributed by atoms with Crippen molar-refractivity contribution in [2.24, 2.45) is 0 Å². The monoisotopic (exact) mass is 283 g/mol. The summed E-state index contributed by atoms with van der Waals surface area (Å²) in [5, 5.41) is 4.76. The number of fused-ring (bicyclic) bond motifs is 1. The lowest BCUT2D eigenvalue weighted by molar-refractivity contribution is 0.511. The van der Waals surface area contributed by atoms with Gasteiger partial charge in [-0.3, -0.25) is 0 Å². The molecule has 3 aromatic rings. The van der Waals surface area contributed by atoms with Gasteiger partial charge in [0.05, 0.1) is 12.3 Å². The molecule has 0 bridgehead atoms. The molecule has 2 heterocycles. The van der Waals surface area contributed by atoms with Crippen molar-refractivity contribution >= 4 is 11.0 Å². The fourth-order valence-electron chi connectivity index (χ4n) is 2.96. The number of hydrogen-bond acceptors (Lipinski definition) is 3. The Morgan fingerprint density at radius 3 is 2.62 bits per heavy atom. The van der Waals surface area contributed by atoms with E-state index in [1.807, 2.05) is 25.1 Å². The SMILES string of the molecule is CCNC(c1ccoc1C)c1c(CC)oc2ccccc12. The van der Waals surface area contributed by atoms with E-state index in [4.69, 9.17) is 8.83 Å². The van der Waals surface area contributed by atoms with Crippen LogP contribution >= 0.6 is 0 Å². The first-order chi connectivity index (χ1) is 10.3. The lowest BCUT2D eigenvalue weighted by Gasteiger charge is -2.18. The number of para-hydroxylation sites is 1. The van der Waals surface area contributed by atoms with Crippen LogP contribution in [0.2, 0.25) is 0 Å². The third-order valence-corrected chi connectivity index (χ3v) is 3.94. The quantitative estimate of drug-likeness (QED) is 0.744. The Labute approximate surface area is 124 Å². The van der Waals surface area contributed by atoms with E-state index in [1.54, 1.807) is 6.26 Å². The second-order valence-electron chi connectivity index (χ2n) is 5.21. The van der Waals surface area contributed by atoms with E-state index in [0.29, 0.717) is 0 Å². The number of nitrogens with one attached hydrogen (secondary N) is 1. The summed E-state index contributed by atoms with van der Waals surface area (Å²) in [7, 11) is 0. The molecule has 21 heavy (non-hydrogen) atoms. The molecule has 1 atom stereocenters. The van der Waals surface area contributed by atoms with E-state index in [9.17, 15) is 0 Å². The highest BCUT2D eigenvalue weighted by Gasteiger charge is 2.24. The Morgan fingerprint density at radius 2 is 1.95 bits per heavy atom. The summed E-state index contributed by atoms with van der Waals surface area (Å²) in [6, 6.07) is 10.4. The molecule has 0 aliphatic carbocycles. The van der Waals surface area contributed by atoms with Crippen molar-refractivity contribution < 1.29 is 8.83 Å². The summed E-state index contributed by atoms with van der Waals surface area (Å²) in [4.78, 5) is 0. The second kappa shape index (κ2) is 5.78. The number of furan rings is 2. The third kappa shape index (κ3) is 2.38. The van der Waals surface area contributed by atoms with Crippen molar-refractivity contribution in [3.05, 3.63) is 59.2 Å². The van der Waals surface area contributed by atoms with Crippen LogP contribution in [-0.4, -0.2) is 6.54 Å². The van der Waals surface area contributed by atoms with Gasteiger partial charge in [0, 0.05) is 22.9 Å². The predicted molar refractivity (Wildman–Crippen MR) is 84.6 cm³/mol. The minimum atomic E-state index is 0.104. The van der Waals surface area contributed by atoms with Crippen LogP contribution < -0.4 is 5.32 Å². The Balaban J connectivity index is 2.21. The fourth-order valence-corrected chi connectivity index (χ4v) is 2.96. The first-order valence-corrected chi connectivity index (χ1v) is 7.53. The van der Waals surface area contributed by atoms with Crippen molar-refractivity contribution in [2.75, 3.05) is 6.54 Å². The molecule has 0 saturated carbocycles. The summed E-state index contributed by atoms with van der Waals surface area (Å²) in [6.07, 6.45) is 2.63. The minimum absolute atomic E-state index is 0.104. The van der Waals surface area contributed by atoms with Crippen LogP contribution in [-0.2, 0) is 6.42 Å². The molecule has 0 fully saturated rings. The maximum atomic E-state index is 6.04. The molecule has 0 saturated heterocycles. The average molecular weight is 283 g/mol. The summed E-state index contributed by atoms with van der Waals surface area (Å²) >= 11 is 0. The van der Waals surface area contributed by atoms with E-state index in [0.717, 1.165) is 30.1 Å². The summed E-state index contributed by atoms with van der Waals surface area (Å²) in [5.41, 5.74) is 3.37. The van der Waals surface area contributed by atoms with Crippen molar-refractivity contribution in [3.63, 3.8) is 0 Å². The first-order valence-electron chi connectivity index (χ1n) is 7.53. The van der Waals surface area contributed by atoms with Gasteiger partial charge in [-0.2, -0.15) is 0 Å². The van der Waals surface area contributed by atoms with Crippen LogP contribution in [0.5, 0.6) is 0 Å². The highest BCUT2D eigenvalue weighted by atomic mass is 16.3. The first kappa shape index (κ1) is 14.0. The van der Waals surface area contributed by atoms with Crippen LogP contribution in [0.3, 0.4) is 0 Å². The lowest BCUT2D eigenvalue weighted by Crippen LogP contribution is -2.22. The number of benzene rings is 1. The molecular weight excluding hydrogens is 262 g/mol. The highest BCUT2D eigenvalue weighted by Crippen LogP contribution is 2.36. The van der Waals surface area contributed by atoms with Gasteiger partial charge in [0.1, 0.15) is 17.1 Å². The molecule has 0 spiro atoms. The predicted octanol–water partition coefficient (Wildman–Crippen LogP) is 4.60. The zero-order valence-corrected chi connectivity index (χ0v) is 12.8. The fraction of sp³-hybridized carbons (Fsp3) is 0.333. The zero-order chi connectivity index (χ0) is 14.8. The van der Waals surface area contributed by atoms with Gasteiger partial charge < -0.3 is 14.2 Å². The zero-order valence-electron chi connectivity index (χ0n) is 12.8. The smallest absolute Gasteiger partial charge is 0.134 e. The average Bonchev–Trinajstić information content (AvgIpc) is 3.08. The van der Waals surface area contributed by atoms with Gasteiger partial charge in [-0.25, -0.2) is 0 Å². The van der Waals surface area contributed by atoms with Crippen molar-refractivity contribution in [1.29, 1.82) is 0 Å². The van der Waals surface area contributed by atoms with E-state index >= 15 is 0 Å². The van der Waals surface area contributed by atoms with Crippen molar-refractivity contribution in [2.45, 2.75) is 33.2 Å². The minimum Gasteiger partial charge on any atom is -0.469 e. The Kier molecular flexibility index (Phi) is 3.84. The number of aryl methyl sites for hydroxylation is 2. The van der Waals surface area contributed by atoms with Gasteiger partial charge >= 0.3 is 0 Å². The molecule has 3 heteroatoms. The normalized spacial score (nSPS) is 12.9. The van der Waals surface area contributed by atoms with Crippen LogP contribution in [0.15, 0.2) is 45.4 Å². The standard InChI is InChI=1S/C18H21NO2/c1-4-15-17(14-8-6-7-9-16(14)21-15)18(19-5-2)13-10-11-20-12(13)3/h6-11,18-19H,4-5H2,1-3H3. The van der Waals surface area contributed by atoms with Crippen LogP contribution in [0.1, 0.15) is 42.5 Å². The molecule has 110 valence electrons. The second-order valence-corrected chi connectivity index (χ2v) is 5.21. The van der Waals surface area contributed by atoms with Gasteiger partial charge in [-0.05, 0) is 25.6 Å². The summed E-state index contributed by atoms with van der Waals surface area (Å²) in [6.45, 7) is 7.15. The lowest BCUT2D eigenvalue weighted by atomic mass is 9.95. The van der Waals surface area contributed by atoms with Gasteiger partial charge in [0.25, 0.3) is 0 Å². The Hall–Kier alpha value is -2.00. The van der Waals surface area contributed by atoms with E-state index < -0.39 is 0 Å². The van der Waals surface area contributed by atoms with Crippen LogP contribution in [0.4, 0.5) is 0 Å². The summed E-state index contributed by atoms with van der Waals surface area (Å²) in [5.74, 6) is 2.00. The topological polar surface area (TPSA) is 38.3 Å². The van der Waals surface area contributed by atoms with Gasteiger partial charge in [-0.15, -0.1) is 0 Å². The Morgan fingerprint density at radius 1 is 1.14 bits per heavy atom. The molecular formula is C18H21NO2. The largest absolute Gasteiger partial charge is 0.469 e. The van der Waals surface area contributed by atoms with Crippen molar-refractivity contribution in [3.8, 4) is 0 Å². The molecule has 3 rings (SSSR count). The molecule has 1 aromatic carbocycles. The maximum absolute atomic E-state index is 6.04. The number of rotatable bonds is 5. The Bertz CT molecular complexity index is 739. The number of hydrogen-bond donors (Lipinski definition) is 1. The van der Waals surface area contributed by atoms with E-state index in [-0.39, 0.29) is 6.04 Å². The summed E-state index contributed by atoms with van der Waals surface area (Å²) < 4.78 is 11.5. The molecule has 0 aliphatic heterocycles. The van der Waals surface area contributed by atoms with Gasteiger partial charge in [0.15, 0.2) is 0 Å². The van der Waals surface area contributed by atoms with Crippen LogP contribution in [0.25, 0.3) is 11.0 Å². The maximum Gasteiger partial charge on any atom is 0.134 e. The van der Waals surface area contributed by atoms with Crippen LogP contribution in [0, 0.1) is 6.92 Å². The third-order valence-electron chi connectivity index (χ3n) is 3.94.